The number of carbonyl (C=O) groups excluding carboxylic acids is 1. The lowest BCUT2D eigenvalue weighted by Crippen LogP contribution is -2.13. The Morgan fingerprint density at radius 3 is 2.47 bits per heavy atom. The smallest absolute Gasteiger partial charge is 0.417 e. The van der Waals surface area contributed by atoms with Crippen LogP contribution in [0.5, 0.6) is 0 Å². The lowest BCUT2D eigenvalue weighted by molar-refractivity contribution is -0.138. The van der Waals surface area contributed by atoms with Gasteiger partial charge in [-0.3, -0.25) is 0 Å². The second-order valence-corrected chi connectivity index (χ2v) is 3.80. The monoisotopic (exact) mass is 314 g/mol. The molecule has 0 aliphatic carbocycles. The molecule has 0 spiro atoms. The molecule has 0 bridgehead atoms. The summed E-state index contributed by atoms with van der Waals surface area (Å²) in [6.07, 6.45) is -4.67. The summed E-state index contributed by atoms with van der Waals surface area (Å²) in [6.45, 7) is 1.41. The molecule has 0 unspecified atom stereocenters. The first kappa shape index (κ1) is 14.0. The summed E-state index contributed by atoms with van der Waals surface area (Å²) < 4.78 is 54.6. The summed E-state index contributed by atoms with van der Waals surface area (Å²) >= 11 is 2.58. The first-order valence-electron chi connectivity index (χ1n) is 4.51. The van der Waals surface area contributed by atoms with Gasteiger partial charge in [0.15, 0.2) is 0 Å². The van der Waals surface area contributed by atoms with E-state index in [1.807, 2.05) is 0 Å². The first-order chi connectivity index (χ1) is 7.79. The molecule has 7 heteroatoms. The van der Waals surface area contributed by atoms with Crippen molar-refractivity contribution >= 4 is 21.9 Å². The van der Waals surface area contributed by atoms with Crippen LogP contribution in [0.4, 0.5) is 17.6 Å². The SMILES string of the molecule is CCOC(=O)c1c(F)ccc(C(F)(F)F)c1Br. The number of halogens is 5. The molecule has 0 aromatic heterocycles. The van der Waals surface area contributed by atoms with Crippen molar-refractivity contribution in [3.05, 3.63) is 33.5 Å². The summed E-state index contributed by atoms with van der Waals surface area (Å²) in [5.74, 6) is -2.20. The number of benzene rings is 1. The quantitative estimate of drug-likeness (QED) is 0.613. The van der Waals surface area contributed by atoms with E-state index in [-0.39, 0.29) is 6.61 Å². The van der Waals surface area contributed by atoms with E-state index in [2.05, 4.69) is 20.7 Å². The maximum absolute atomic E-state index is 13.3. The van der Waals surface area contributed by atoms with E-state index in [0.29, 0.717) is 12.1 Å². The minimum absolute atomic E-state index is 0.0546. The average Bonchev–Trinajstić information content (AvgIpc) is 2.15. The molecule has 0 fully saturated rings. The Morgan fingerprint density at radius 2 is 2.00 bits per heavy atom. The van der Waals surface area contributed by atoms with Gasteiger partial charge in [0.25, 0.3) is 0 Å². The van der Waals surface area contributed by atoms with Crippen LogP contribution >= 0.6 is 15.9 Å². The molecule has 94 valence electrons. The molecule has 0 saturated carbocycles. The highest BCUT2D eigenvalue weighted by atomic mass is 79.9. The van der Waals surface area contributed by atoms with Crippen LogP contribution in [-0.2, 0) is 10.9 Å². The zero-order valence-electron chi connectivity index (χ0n) is 8.57. The normalized spacial score (nSPS) is 11.4. The van der Waals surface area contributed by atoms with Crippen LogP contribution in [0.1, 0.15) is 22.8 Å². The molecule has 0 aliphatic rings. The second kappa shape index (κ2) is 5.03. The van der Waals surface area contributed by atoms with Crippen LogP contribution in [0.2, 0.25) is 0 Å². The Bertz CT molecular complexity index is 443. The molecule has 0 radical (unpaired) electrons. The molecule has 17 heavy (non-hydrogen) atoms. The molecule has 0 aliphatic heterocycles. The highest BCUT2D eigenvalue weighted by molar-refractivity contribution is 9.10. The molecule has 1 rings (SSSR count). The first-order valence-corrected chi connectivity index (χ1v) is 5.30. The zero-order valence-corrected chi connectivity index (χ0v) is 10.2. The van der Waals surface area contributed by atoms with E-state index in [4.69, 9.17) is 0 Å². The largest absolute Gasteiger partial charge is 0.462 e. The van der Waals surface area contributed by atoms with Crippen molar-refractivity contribution in [3.8, 4) is 0 Å². The third-order valence-electron chi connectivity index (χ3n) is 1.88. The molecular weight excluding hydrogens is 308 g/mol. The van der Waals surface area contributed by atoms with Crippen molar-refractivity contribution < 1.29 is 27.1 Å². The molecule has 1 aromatic carbocycles. The van der Waals surface area contributed by atoms with Crippen LogP contribution in [-0.4, -0.2) is 12.6 Å². The van der Waals surface area contributed by atoms with E-state index in [9.17, 15) is 22.4 Å². The van der Waals surface area contributed by atoms with Crippen molar-refractivity contribution in [1.29, 1.82) is 0 Å². The number of ether oxygens (including phenoxy) is 1. The third kappa shape index (κ3) is 2.96. The minimum Gasteiger partial charge on any atom is -0.462 e. The van der Waals surface area contributed by atoms with Crippen LogP contribution in [0.25, 0.3) is 0 Å². The summed E-state index contributed by atoms with van der Waals surface area (Å²) in [5.41, 5.74) is -1.87. The van der Waals surface area contributed by atoms with Gasteiger partial charge in [-0.1, -0.05) is 0 Å². The summed E-state index contributed by atoms with van der Waals surface area (Å²) in [7, 11) is 0. The van der Waals surface area contributed by atoms with E-state index >= 15 is 0 Å². The number of alkyl halides is 3. The minimum atomic E-state index is -4.67. The number of carbonyl (C=O) groups is 1. The van der Waals surface area contributed by atoms with Gasteiger partial charge in [-0.05, 0) is 35.0 Å². The number of hydrogen-bond donors (Lipinski definition) is 0. The topological polar surface area (TPSA) is 26.3 Å². The van der Waals surface area contributed by atoms with Gasteiger partial charge in [-0.15, -0.1) is 0 Å². The van der Waals surface area contributed by atoms with Gasteiger partial charge in [0, 0.05) is 4.47 Å². The second-order valence-electron chi connectivity index (χ2n) is 3.00. The zero-order chi connectivity index (χ0) is 13.2. The van der Waals surface area contributed by atoms with E-state index in [1.54, 1.807) is 0 Å². The third-order valence-corrected chi connectivity index (χ3v) is 2.70. The Labute approximate surface area is 103 Å². The van der Waals surface area contributed by atoms with Crippen molar-refractivity contribution in [2.24, 2.45) is 0 Å². The molecule has 0 amide bonds. The van der Waals surface area contributed by atoms with Gasteiger partial charge in [-0.25, -0.2) is 9.18 Å². The fourth-order valence-electron chi connectivity index (χ4n) is 1.16. The van der Waals surface area contributed by atoms with E-state index < -0.39 is 33.6 Å². The maximum atomic E-state index is 13.3. The fraction of sp³-hybridized carbons (Fsp3) is 0.300. The molecule has 0 atom stereocenters. The highest BCUT2D eigenvalue weighted by Crippen LogP contribution is 2.37. The molecule has 2 nitrogen and oxygen atoms in total. The maximum Gasteiger partial charge on any atom is 0.417 e. The highest BCUT2D eigenvalue weighted by Gasteiger charge is 2.36. The van der Waals surface area contributed by atoms with Gasteiger partial charge in [0.1, 0.15) is 11.4 Å². The Balaban J connectivity index is 3.35. The standard InChI is InChI=1S/C10H7BrF4O2/c1-2-17-9(16)7-6(12)4-3-5(8(7)11)10(13,14)15/h3-4H,2H2,1H3. The van der Waals surface area contributed by atoms with Crippen LogP contribution < -0.4 is 0 Å². The van der Waals surface area contributed by atoms with Crippen LogP contribution in [0.3, 0.4) is 0 Å². The predicted octanol–water partition coefficient (Wildman–Crippen LogP) is 3.78. The molecular formula is C10H7BrF4O2. The molecule has 0 heterocycles. The van der Waals surface area contributed by atoms with E-state index in [1.165, 1.54) is 6.92 Å². The molecule has 0 saturated heterocycles. The Morgan fingerprint density at radius 1 is 1.41 bits per heavy atom. The van der Waals surface area contributed by atoms with Crippen molar-refractivity contribution in [2.45, 2.75) is 13.1 Å². The van der Waals surface area contributed by atoms with Gasteiger partial charge in [-0.2, -0.15) is 13.2 Å². The van der Waals surface area contributed by atoms with Crippen molar-refractivity contribution in [2.75, 3.05) is 6.61 Å². The lowest BCUT2D eigenvalue weighted by Gasteiger charge is -2.12. The Kier molecular flexibility index (Phi) is 4.13. The lowest BCUT2D eigenvalue weighted by atomic mass is 10.1. The summed E-state index contributed by atoms with van der Waals surface area (Å²) in [5, 5.41) is 0. The number of esters is 1. The van der Waals surface area contributed by atoms with Gasteiger partial charge < -0.3 is 4.74 Å². The van der Waals surface area contributed by atoms with Crippen LogP contribution in [0.15, 0.2) is 16.6 Å². The van der Waals surface area contributed by atoms with Crippen LogP contribution in [0, 0.1) is 5.82 Å². The van der Waals surface area contributed by atoms with E-state index in [0.717, 1.165) is 0 Å². The number of hydrogen-bond acceptors (Lipinski definition) is 2. The fourth-order valence-corrected chi connectivity index (χ4v) is 1.87. The summed E-state index contributed by atoms with van der Waals surface area (Å²) in [4.78, 5) is 11.3. The molecule has 0 N–H and O–H groups in total. The number of rotatable bonds is 2. The van der Waals surface area contributed by atoms with Gasteiger partial charge >= 0.3 is 12.1 Å². The average molecular weight is 315 g/mol. The summed E-state index contributed by atoms with van der Waals surface area (Å²) in [6, 6.07) is 1.14. The van der Waals surface area contributed by atoms with Crippen molar-refractivity contribution in [1.82, 2.24) is 0 Å². The van der Waals surface area contributed by atoms with Gasteiger partial charge in [0.05, 0.1) is 12.2 Å². The van der Waals surface area contributed by atoms with Gasteiger partial charge in [0.2, 0.25) is 0 Å². The Hall–Kier alpha value is -1.11. The van der Waals surface area contributed by atoms with Crippen molar-refractivity contribution in [3.63, 3.8) is 0 Å². The predicted molar refractivity (Wildman–Crippen MR) is 55.1 cm³/mol. The molecule has 1 aromatic rings.